The van der Waals surface area contributed by atoms with Crippen molar-refractivity contribution in [2.24, 2.45) is 17.6 Å². The molecule has 3 atom stereocenters. The molecule has 1 saturated heterocycles. The van der Waals surface area contributed by atoms with E-state index in [1.165, 1.54) is 17.5 Å². The standard InChI is InChI=1S/C18H26N2O/c1-13-2-4-14(5-3-13)6-9-18(21)20-11-15-7-8-17(19)10-16(15)12-20/h2-5,15-17H,6-12,19H2,1H3/t15-,16+,17?/m1/s1. The van der Waals surface area contributed by atoms with Crippen molar-refractivity contribution >= 4 is 5.91 Å². The largest absolute Gasteiger partial charge is 0.342 e. The van der Waals surface area contributed by atoms with Crippen LogP contribution in [0.15, 0.2) is 24.3 Å². The molecular weight excluding hydrogens is 260 g/mol. The number of hydrogen-bond donors (Lipinski definition) is 1. The summed E-state index contributed by atoms with van der Waals surface area (Å²) in [6.45, 7) is 3.99. The lowest BCUT2D eigenvalue weighted by atomic mass is 9.79. The predicted octanol–water partition coefficient (Wildman–Crippen LogP) is 2.51. The van der Waals surface area contributed by atoms with Crippen LogP contribution < -0.4 is 5.73 Å². The molecule has 3 rings (SSSR count). The highest BCUT2D eigenvalue weighted by Crippen LogP contribution is 2.35. The summed E-state index contributed by atoms with van der Waals surface area (Å²) in [5, 5.41) is 0. The Morgan fingerprint density at radius 2 is 1.90 bits per heavy atom. The number of aryl methyl sites for hydroxylation is 2. The monoisotopic (exact) mass is 286 g/mol. The third-order valence-electron chi connectivity index (χ3n) is 5.19. The number of carbonyl (C=O) groups excluding carboxylic acids is 1. The van der Waals surface area contributed by atoms with E-state index in [1.54, 1.807) is 0 Å². The molecular formula is C18H26N2O. The zero-order valence-corrected chi connectivity index (χ0v) is 12.9. The Bertz CT molecular complexity index is 496. The molecule has 114 valence electrons. The first-order valence-corrected chi connectivity index (χ1v) is 8.20. The highest BCUT2D eigenvalue weighted by Gasteiger charge is 2.38. The summed E-state index contributed by atoms with van der Waals surface area (Å²) in [7, 11) is 0. The number of rotatable bonds is 3. The molecule has 2 aliphatic rings. The van der Waals surface area contributed by atoms with Gasteiger partial charge in [0, 0.05) is 25.6 Å². The van der Waals surface area contributed by atoms with Crippen LogP contribution in [0.4, 0.5) is 0 Å². The van der Waals surface area contributed by atoms with E-state index in [9.17, 15) is 4.79 Å². The van der Waals surface area contributed by atoms with Crippen LogP contribution in [0.25, 0.3) is 0 Å². The molecule has 2 N–H and O–H groups in total. The van der Waals surface area contributed by atoms with Crippen LogP contribution in [0.2, 0.25) is 0 Å². The molecule has 1 saturated carbocycles. The van der Waals surface area contributed by atoms with Crippen LogP contribution in [0.3, 0.4) is 0 Å². The summed E-state index contributed by atoms with van der Waals surface area (Å²) in [6.07, 6.45) is 4.92. The molecule has 1 aliphatic heterocycles. The molecule has 1 aliphatic carbocycles. The van der Waals surface area contributed by atoms with E-state index in [2.05, 4.69) is 36.1 Å². The molecule has 1 heterocycles. The van der Waals surface area contributed by atoms with Crippen molar-refractivity contribution < 1.29 is 4.79 Å². The first-order chi connectivity index (χ1) is 10.1. The highest BCUT2D eigenvalue weighted by atomic mass is 16.2. The maximum Gasteiger partial charge on any atom is 0.222 e. The summed E-state index contributed by atoms with van der Waals surface area (Å²) < 4.78 is 0. The predicted molar refractivity (Wildman–Crippen MR) is 84.9 cm³/mol. The topological polar surface area (TPSA) is 46.3 Å². The minimum Gasteiger partial charge on any atom is -0.342 e. The average molecular weight is 286 g/mol. The highest BCUT2D eigenvalue weighted by molar-refractivity contribution is 5.76. The second-order valence-electron chi connectivity index (χ2n) is 6.88. The maximum atomic E-state index is 12.4. The summed E-state index contributed by atoms with van der Waals surface area (Å²) >= 11 is 0. The van der Waals surface area contributed by atoms with Crippen molar-refractivity contribution in [3.8, 4) is 0 Å². The maximum absolute atomic E-state index is 12.4. The summed E-state index contributed by atoms with van der Waals surface area (Å²) in [6, 6.07) is 8.85. The van der Waals surface area contributed by atoms with Crippen LogP contribution in [0, 0.1) is 18.8 Å². The van der Waals surface area contributed by atoms with Crippen LogP contribution in [-0.2, 0) is 11.2 Å². The van der Waals surface area contributed by atoms with Gasteiger partial charge in [-0.1, -0.05) is 29.8 Å². The Labute approximate surface area is 127 Å². The molecule has 3 nitrogen and oxygen atoms in total. The Kier molecular flexibility index (Phi) is 4.29. The minimum absolute atomic E-state index is 0.318. The fourth-order valence-corrected chi connectivity index (χ4v) is 3.84. The molecule has 0 aromatic heterocycles. The molecule has 21 heavy (non-hydrogen) atoms. The first kappa shape index (κ1) is 14.6. The van der Waals surface area contributed by atoms with E-state index in [1.807, 2.05) is 0 Å². The molecule has 3 heteroatoms. The second kappa shape index (κ2) is 6.18. The fourth-order valence-electron chi connectivity index (χ4n) is 3.84. The Balaban J connectivity index is 1.51. The van der Waals surface area contributed by atoms with Gasteiger partial charge in [-0.15, -0.1) is 0 Å². The smallest absolute Gasteiger partial charge is 0.222 e. The van der Waals surface area contributed by atoms with Crippen molar-refractivity contribution in [2.75, 3.05) is 13.1 Å². The molecule has 0 radical (unpaired) electrons. The van der Waals surface area contributed by atoms with Gasteiger partial charge in [0.15, 0.2) is 0 Å². The SMILES string of the molecule is Cc1ccc(CCC(=O)N2C[C@H]3CCC(N)C[C@H]3C2)cc1. The lowest BCUT2D eigenvalue weighted by molar-refractivity contribution is -0.130. The zero-order valence-electron chi connectivity index (χ0n) is 12.9. The number of amides is 1. The van der Waals surface area contributed by atoms with E-state index in [-0.39, 0.29) is 0 Å². The van der Waals surface area contributed by atoms with Crippen molar-refractivity contribution in [1.82, 2.24) is 4.90 Å². The van der Waals surface area contributed by atoms with Gasteiger partial charge >= 0.3 is 0 Å². The Morgan fingerprint density at radius 1 is 1.19 bits per heavy atom. The van der Waals surface area contributed by atoms with Crippen LogP contribution in [0.5, 0.6) is 0 Å². The second-order valence-corrected chi connectivity index (χ2v) is 6.88. The fraction of sp³-hybridized carbons (Fsp3) is 0.611. The molecule has 1 aromatic rings. The lowest BCUT2D eigenvalue weighted by Crippen LogP contribution is -2.32. The van der Waals surface area contributed by atoms with Gasteiger partial charge < -0.3 is 10.6 Å². The van der Waals surface area contributed by atoms with Gasteiger partial charge in [-0.2, -0.15) is 0 Å². The van der Waals surface area contributed by atoms with E-state index >= 15 is 0 Å². The zero-order chi connectivity index (χ0) is 14.8. The molecule has 0 spiro atoms. The Hall–Kier alpha value is -1.35. The van der Waals surface area contributed by atoms with E-state index < -0.39 is 0 Å². The quantitative estimate of drug-likeness (QED) is 0.928. The van der Waals surface area contributed by atoms with Crippen LogP contribution in [-0.4, -0.2) is 29.9 Å². The average Bonchev–Trinajstić information content (AvgIpc) is 2.89. The van der Waals surface area contributed by atoms with E-state index in [4.69, 9.17) is 5.73 Å². The molecule has 0 bridgehead atoms. The van der Waals surface area contributed by atoms with Gasteiger partial charge in [-0.05, 0) is 50.0 Å². The summed E-state index contributed by atoms with van der Waals surface area (Å²) in [4.78, 5) is 14.5. The third kappa shape index (κ3) is 3.46. The number of fused-ring (bicyclic) bond motifs is 1. The molecule has 1 amide bonds. The number of carbonyl (C=O) groups is 1. The normalized spacial score (nSPS) is 28.5. The van der Waals surface area contributed by atoms with Gasteiger partial charge in [0.2, 0.25) is 5.91 Å². The van der Waals surface area contributed by atoms with Crippen molar-refractivity contribution in [2.45, 2.75) is 45.1 Å². The van der Waals surface area contributed by atoms with E-state index in [0.29, 0.717) is 30.2 Å². The minimum atomic E-state index is 0.318. The van der Waals surface area contributed by atoms with Crippen LogP contribution >= 0.6 is 0 Å². The number of benzene rings is 1. The number of likely N-dealkylation sites (tertiary alicyclic amines) is 1. The van der Waals surface area contributed by atoms with Crippen molar-refractivity contribution in [3.05, 3.63) is 35.4 Å². The van der Waals surface area contributed by atoms with Crippen molar-refractivity contribution in [3.63, 3.8) is 0 Å². The van der Waals surface area contributed by atoms with Gasteiger partial charge in [0.25, 0.3) is 0 Å². The number of nitrogens with two attached hydrogens (primary N) is 1. The molecule has 1 unspecified atom stereocenters. The molecule has 2 fully saturated rings. The third-order valence-corrected chi connectivity index (χ3v) is 5.19. The van der Waals surface area contributed by atoms with Gasteiger partial charge in [-0.25, -0.2) is 0 Å². The number of hydrogen-bond acceptors (Lipinski definition) is 2. The van der Waals surface area contributed by atoms with Crippen LogP contribution in [0.1, 0.15) is 36.8 Å². The van der Waals surface area contributed by atoms with Gasteiger partial charge in [-0.3, -0.25) is 4.79 Å². The number of nitrogens with zero attached hydrogens (tertiary/aromatic N) is 1. The van der Waals surface area contributed by atoms with Gasteiger partial charge in [0.05, 0.1) is 0 Å². The lowest BCUT2D eigenvalue weighted by Gasteiger charge is -2.27. The first-order valence-electron chi connectivity index (χ1n) is 8.20. The molecule has 1 aromatic carbocycles. The Morgan fingerprint density at radius 3 is 2.67 bits per heavy atom. The summed E-state index contributed by atoms with van der Waals surface area (Å²) in [5.74, 6) is 1.67. The van der Waals surface area contributed by atoms with E-state index in [0.717, 1.165) is 32.4 Å². The van der Waals surface area contributed by atoms with Gasteiger partial charge in [0.1, 0.15) is 0 Å². The van der Waals surface area contributed by atoms with Crippen molar-refractivity contribution in [1.29, 1.82) is 0 Å². The summed E-state index contributed by atoms with van der Waals surface area (Å²) in [5.41, 5.74) is 8.58.